The molecule has 0 aliphatic carbocycles. The van der Waals surface area contributed by atoms with Gasteiger partial charge in [0.05, 0.1) is 4.90 Å². The molecular weight excluding hydrogens is 275 g/mol. The molecule has 0 fully saturated rings. The standard InChI is InChI=1S/C16H15FO2S/c1-13-7-10-15(11-8-13)20(18,19)16(17)12-9-14-5-3-2-4-6-14/h2-12,16H,1H3/b12-9+. The van der Waals surface area contributed by atoms with E-state index in [-0.39, 0.29) is 4.90 Å². The number of alkyl halides is 1. The van der Waals surface area contributed by atoms with Gasteiger partial charge in [-0.15, -0.1) is 0 Å². The highest BCUT2D eigenvalue weighted by molar-refractivity contribution is 7.92. The Kier molecular flexibility index (Phi) is 4.35. The Morgan fingerprint density at radius 1 is 1.00 bits per heavy atom. The van der Waals surface area contributed by atoms with E-state index in [1.165, 1.54) is 18.2 Å². The monoisotopic (exact) mass is 290 g/mol. The van der Waals surface area contributed by atoms with Crippen molar-refractivity contribution in [2.45, 2.75) is 17.3 Å². The first kappa shape index (κ1) is 14.5. The largest absolute Gasteiger partial charge is 0.225 e. The van der Waals surface area contributed by atoms with Crippen molar-refractivity contribution in [3.05, 3.63) is 71.8 Å². The second kappa shape index (κ2) is 6.01. The molecule has 0 bridgehead atoms. The minimum absolute atomic E-state index is 0.00619. The number of sulfone groups is 1. The van der Waals surface area contributed by atoms with E-state index >= 15 is 0 Å². The average Bonchev–Trinajstić information content (AvgIpc) is 2.46. The van der Waals surface area contributed by atoms with Crippen LogP contribution in [0.3, 0.4) is 0 Å². The van der Waals surface area contributed by atoms with Crippen molar-refractivity contribution in [3.63, 3.8) is 0 Å². The van der Waals surface area contributed by atoms with E-state index in [1.54, 1.807) is 36.4 Å². The van der Waals surface area contributed by atoms with Gasteiger partial charge in [-0.2, -0.15) is 0 Å². The van der Waals surface area contributed by atoms with Crippen LogP contribution in [0, 0.1) is 6.92 Å². The number of halogens is 1. The molecule has 0 heterocycles. The van der Waals surface area contributed by atoms with Gasteiger partial charge in [0.2, 0.25) is 15.3 Å². The summed E-state index contributed by atoms with van der Waals surface area (Å²) in [6.45, 7) is 1.85. The maximum absolute atomic E-state index is 14.0. The molecule has 0 radical (unpaired) electrons. The second-order valence-electron chi connectivity index (χ2n) is 4.48. The van der Waals surface area contributed by atoms with Crippen molar-refractivity contribution in [3.8, 4) is 0 Å². The highest BCUT2D eigenvalue weighted by Gasteiger charge is 2.24. The molecule has 0 saturated carbocycles. The minimum Gasteiger partial charge on any atom is -0.225 e. The minimum atomic E-state index is -3.98. The Morgan fingerprint density at radius 2 is 1.60 bits per heavy atom. The van der Waals surface area contributed by atoms with Crippen molar-refractivity contribution in [2.24, 2.45) is 0 Å². The van der Waals surface area contributed by atoms with Crippen LogP contribution in [0.2, 0.25) is 0 Å². The predicted molar refractivity (Wildman–Crippen MR) is 78.7 cm³/mol. The molecule has 2 aromatic rings. The zero-order valence-electron chi connectivity index (χ0n) is 11.0. The van der Waals surface area contributed by atoms with Gasteiger partial charge in [0.15, 0.2) is 0 Å². The van der Waals surface area contributed by atoms with Crippen LogP contribution in [-0.2, 0) is 9.84 Å². The number of aryl methyl sites for hydroxylation is 1. The molecule has 0 N–H and O–H groups in total. The quantitative estimate of drug-likeness (QED) is 0.858. The zero-order chi connectivity index (χ0) is 14.6. The molecule has 0 aliphatic rings. The number of benzene rings is 2. The van der Waals surface area contributed by atoms with Crippen LogP contribution in [0.25, 0.3) is 6.08 Å². The maximum Gasteiger partial charge on any atom is 0.223 e. The fourth-order valence-electron chi connectivity index (χ4n) is 1.71. The van der Waals surface area contributed by atoms with Gasteiger partial charge in [0.1, 0.15) is 0 Å². The molecule has 0 saturated heterocycles. The first-order valence-electron chi connectivity index (χ1n) is 6.18. The van der Waals surface area contributed by atoms with Gasteiger partial charge in [0, 0.05) is 0 Å². The van der Waals surface area contributed by atoms with E-state index < -0.39 is 15.3 Å². The molecule has 2 aromatic carbocycles. The van der Waals surface area contributed by atoms with Crippen molar-refractivity contribution in [1.82, 2.24) is 0 Å². The van der Waals surface area contributed by atoms with Crippen LogP contribution < -0.4 is 0 Å². The van der Waals surface area contributed by atoms with Crippen LogP contribution in [0.1, 0.15) is 11.1 Å². The van der Waals surface area contributed by atoms with Crippen LogP contribution in [0.5, 0.6) is 0 Å². The van der Waals surface area contributed by atoms with E-state index in [4.69, 9.17) is 0 Å². The first-order valence-corrected chi connectivity index (χ1v) is 7.73. The Morgan fingerprint density at radius 3 is 2.20 bits per heavy atom. The maximum atomic E-state index is 14.0. The summed E-state index contributed by atoms with van der Waals surface area (Å²) in [6, 6.07) is 15.2. The van der Waals surface area contributed by atoms with Gasteiger partial charge in [-0.1, -0.05) is 54.1 Å². The summed E-state index contributed by atoms with van der Waals surface area (Å²) < 4.78 is 38.1. The van der Waals surface area contributed by atoms with E-state index in [1.807, 2.05) is 13.0 Å². The van der Waals surface area contributed by atoms with Crippen molar-refractivity contribution < 1.29 is 12.8 Å². The van der Waals surface area contributed by atoms with Crippen LogP contribution in [0.15, 0.2) is 65.6 Å². The van der Waals surface area contributed by atoms with Crippen LogP contribution in [0.4, 0.5) is 4.39 Å². The molecule has 2 rings (SSSR count). The number of hydrogen-bond donors (Lipinski definition) is 0. The molecule has 0 aromatic heterocycles. The van der Waals surface area contributed by atoms with Gasteiger partial charge < -0.3 is 0 Å². The Hall–Kier alpha value is -1.94. The molecule has 1 atom stereocenters. The molecule has 0 aliphatic heterocycles. The highest BCUT2D eigenvalue weighted by atomic mass is 32.2. The highest BCUT2D eigenvalue weighted by Crippen LogP contribution is 2.19. The summed E-state index contributed by atoms with van der Waals surface area (Å²) in [4.78, 5) is -0.00619. The Labute approximate surface area is 118 Å². The van der Waals surface area contributed by atoms with Crippen molar-refractivity contribution in [1.29, 1.82) is 0 Å². The van der Waals surface area contributed by atoms with E-state index in [9.17, 15) is 12.8 Å². The molecule has 1 unspecified atom stereocenters. The molecule has 4 heteroatoms. The SMILES string of the molecule is Cc1ccc(S(=O)(=O)C(F)/C=C/c2ccccc2)cc1. The summed E-state index contributed by atoms with van der Waals surface area (Å²) >= 11 is 0. The lowest BCUT2D eigenvalue weighted by Crippen LogP contribution is -2.14. The lowest BCUT2D eigenvalue weighted by molar-refractivity contribution is 0.474. The normalized spacial score (nSPS) is 13.5. The van der Waals surface area contributed by atoms with Crippen LogP contribution >= 0.6 is 0 Å². The van der Waals surface area contributed by atoms with Crippen molar-refractivity contribution in [2.75, 3.05) is 0 Å². The van der Waals surface area contributed by atoms with Gasteiger partial charge in [-0.25, -0.2) is 12.8 Å². The number of hydrogen-bond acceptors (Lipinski definition) is 2. The zero-order valence-corrected chi connectivity index (χ0v) is 11.8. The molecule has 104 valence electrons. The summed E-state index contributed by atoms with van der Waals surface area (Å²) in [6.07, 6.45) is 2.53. The van der Waals surface area contributed by atoms with E-state index in [0.717, 1.165) is 17.2 Å². The first-order chi connectivity index (χ1) is 9.50. The third-order valence-electron chi connectivity index (χ3n) is 2.89. The fraction of sp³-hybridized carbons (Fsp3) is 0.125. The fourth-order valence-corrected chi connectivity index (χ4v) is 2.77. The van der Waals surface area contributed by atoms with E-state index in [2.05, 4.69) is 0 Å². The third-order valence-corrected chi connectivity index (χ3v) is 4.56. The number of rotatable bonds is 4. The molecule has 20 heavy (non-hydrogen) atoms. The molecule has 2 nitrogen and oxygen atoms in total. The topological polar surface area (TPSA) is 34.1 Å². The Balaban J connectivity index is 2.21. The van der Waals surface area contributed by atoms with Gasteiger partial charge in [-0.3, -0.25) is 0 Å². The summed E-state index contributed by atoms with van der Waals surface area (Å²) in [7, 11) is -3.98. The third kappa shape index (κ3) is 3.33. The lowest BCUT2D eigenvalue weighted by atomic mass is 10.2. The molecule has 0 amide bonds. The smallest absolute Gasteiger partial charge is 0.223 e. The summed E-state index contributed by atoms with van der Waals surface area (Å²) in [5, 5.41) is 0. The summed E-state index contributed by atoms with van der Waals surface area (Å²) in [5.74, 6) is 0. The molecule has 0 spiro atoms. The second-order valence-corrected chi connectivity index (χ2v) is 6.49. The predicted octanol–water partition coefficient (Wildman–Crippen LogP) is 3.78. The van der Waals surface area contributed by atoms with E-state index in [0.29, 0.717) is 0 Å². The van der Waals surface area contributed by atoms with Gasteiger partial charge >= 0.3 is 0 Å². The van der Waals surface area contributed by atoms with Crippen molar-refractivity contribution >= 4 is 15.9 Å². The van der Waals surface area contributed by atoms with Gasteiger partial charge in [0.25, 0.3) is 0 Å². The van der Waals surface area contributed by atoms with Gasteiger partial charge in [-0.05, 0) is 30.7 Å². The average molecular weight is 290 g/mol. The Bertz CT molecular complexity index is 689. The summed E-state index contributed by atoms with van der Waals surface area (Å²) in [5.41, 5.74) is -0.362. The molecular formula is C16H15FO2S. The van der Waals surface area contributed by atoms with Crippen LogP contribution in [-0.4, -0.2) is 13.9 Å². The lowest BCUT2D eigenvalue weighted by Gasteiger charge is -2.06.